The van der Waals surface area contributed by atoms with Crippen molar-refractivity contribution in [3.63, 3.8) is 0 Å². The Hall–Kier alpha value is -1.06. The fourth-order valence-electron chi connectivity index (χ4n) is 1.28. The van der Waals surface area contributed by atoms with E-state index < -0.39 is 0 Å². The predicted molar refractivity (Wildman–Crippen MR) is 65.9 cm³/mol. The van der Waals surface area contributed by atoms with Crippen molar-refractivity contribution in [1.29, 1.82) is 0 Å². The summed E-state index contributed by atoms with van der Waals surface area (Å²) in [6, 6.07) is 6.09. The van der Waals surface area contributed by atoms with Gasteiger partial charge in [0.1, 0.15) is 12.4 Å². The number of ether oxygens (including phenoxy) is 2. The van der Waals surface area contributed by atoms with Crippen molar-refractivity contribution in [2.75, 3.05) is 19.8 Å². The van der Waals surface area contributed by atoms with Gasteiger partial charge >= 0.3 is 0 Å². The van der Waals surface area contributed by atoms with E-state index in [9.17, 15) is 0 Å². The summed E-state index contributed by atoms with van der Waals surface area (Å²) in [4.78, 5) is 0. The van der Waals surface area contributed by atoms with Crippen LogP contribution in [0, 0.1) is 13.8 Å². The fraction of sp³-hybridized carbons (Fsp3) is 0.538. The Balaban J connectivity index is 2.29. The highest BCUT2D eigenvalue weighted by Crippen LogP contribution is 2.16. The molecule has 1 aromatic carbocycles. The van der Waals surface area contributed by atoms with Crippen LogP contribution in [0.5, 0.6) is 5.75 Å². The number of hydrogen-bond acceptors (Lipinski definition) is 3. The molecule has 0 aliphatic carbocycles. The van der Waals surface area contributed by atoms with Gasteiger partial charge in [0.05, 0.1) is 12.7 Å². The van der Waals surface area contributed by atoms with E-state index in [-0.39, 0.29) is 6.10 Å². The summed E-state index contributed by atoms with van der Waals surface area (Å²) in [5, 5.41) is 0. The zero-order valence-corrected chi connectivity index (χ0v) is 10.3. The molecule has 0 saturated carbocycles. The molecule has 0 saturated heterocycles. The first-order chi connectivity index (χ1) is 7.63. The van der Waals surface area contributed by atoms with Gasteiger partial charge in [0.2, 0.25) is 0 Å². The fourth-order valence-corrected chi connectivity index (χ4v) is 1.28. The maximum Gasteiger partial charge on any atom is 0.119 e. The van der Waals surface area contributed by atoms with Gasteiger partial charge < -0.3 is 15.2 Å². The first kappa shape index (κ1) is 13.0. The smallest absolute Gasteiger partial charge is 0.119 e. The second-order valence-corrected chi connectivity index (χ2v) is 4.01. The van der Waals surface area contributed by atoms with Crippen molar-refractivity contribution >= 4 is 0 Å². The number of rotatable bonds is 6. The average molecular weight is 223 g/mol. The molecule has 0 amide bonds. The molecule has 0 spiro atoms. The predicted octanol–water partition coefficient (Wildman–Crippen LogP) is 2.05. The Morgan fingerprint density at radius 1 is 1.19 bits per heavy atom. The van der Waals surface area contributed by atoms with E-state index >= 15 is 0 Å². The molecule has 0 heterocycles. The van der Waals surface area contributed by atoms with E-state index in [2.05, 4.69) is 19.9 Å². The molecule has 16 heavy (non-hydrogen) atoms. The van der Waals surface area contributed by atoms with Gasteiger partial charge in [0.15, 0.2) is 0 Å². The highest BCUT2D eigenvalue weighted by molar-refractivity contribution is 5.33. The quantitative estimate of drug-likeness (QED) is 0.751. The van der Waals surface area contributed by atoms with Crippen LogP contribution in [0.2, 0.25) is 0 Å². The van der Waals surface area contributed by atoms with Gasteiger partial charge in [-0.3, -0.25) is 0 Å². The third-order valence-corrected chi connectivity index (χ3v) is 2.56. The van der Waals surface area contributed by atoms with Gasteiger partial charge in [-0.1, -0.05) is 6.07 Å². The van der Waals surface area contributed by atoms with Gasteiger partial charge in [0.25, 0.3) is 0 Å². The van der Waals surface area contributed by atoms with Gasteiger partial charge in [-0.05, 0) is 44.0 Å². The van der Waals surface area contributed by atoms with Gasteiger partial charge in [-0.25, -0.2) is 0 Å². The average Bonchev–Trinajstić information content (AvgIpc) is 2.28. The van der Waals surface area contributed by atoms with Crippen LogP contribution in [0.3, 0.4) is 0 Å². The van der Waals surface area contributed by atoms with E-state index in [1.54, 1.807) is 0 Å². The maximum atomic E-state index is 5.57. The van der Waals surface area contributed by atoms with E-state index in [0.29, 0.717) is 19.8 Å². The Morgan fingerprint density at radius 2 is 1.94 bits per heavy atom. The minimum absolute atomic E-state index is 0.100. The third-order valence-electron chi connectivity index (χ3n) is 2.56. The van der Waals surface area contributed by atoms with E-state index in [4.69, 9.17) is 15.2 Å². The standard InChI is InChI=1S/C13H21NO2/c1-10-4-5-13(8-11(10)2)16-7-6-15-12(3)9-14/h4-5,8,12H,6-7,9,14H2,1-3H3. The molecule has 0 aromatic heterocycles. The molecular weight excluding hydrogens is 202 g/mol. The molecule has 3 nitrogen and oxygen atoms in total. The van der Waals surface area contributed by atoms with Gasteiger partial charge in [-0.2, -0.15) is 0 Å². The Kier molecular flexibility index (Phi) is 5.29. The zero-order valence-electron chi connectivity index (χ0n) is 10.3. The lowest BCUT2D eigenvalue weighted by atomic mass is 10.1. The van der Waals surface area contributed by atoms with Gasteiger partial charge in [0, 0.05) is 6.54 Å². The van der Waals surface area contributed by atoms with Gasteiger partial charge in [-0.15, -0.1) is 0 Å². The summed E-state index contributed by atoms with van der Waals surface area (Å²) in [6.07, 6.45) is 0.100. The highest BCUT2D eigenvalue weighted by atomic mass is 16.5. The zero-order chi connectivity index (χ0) is 12.0. The third kappa shape index (κ3) is 4.21. The van der Waals surface area contributed by atoms with Crippen molar-refractivity contribution in [2.24, 2.45) is 5.73 Å². The number of aryl methyl sites for hydroxylation is 2. The molecule has 1 aromatic rings. The summed E-state index contributed by atoms with van der Waals surface area (Å²) < 4.78 is 11.0. The van der Waals surface area contributed by atoms with Crippen molar-refractivity contribution in [2.45, 2.75) is 26.9 Å². The lowest BCUT2D eigenvalue weighted by molar-refractivity contribution is 0.0496. The second-order valence-electron chi connectivity index (χ2n) is 4.01. The molecule has 1 atom stereocenters. The molecule has 0 fully saturated rings. The van der Waals surface area contributed by atoms with Crippen molar-refractivity contribution in [3.8, 4) is 5.75 Å². The van der Waals surface area contributed by atoms with Crippen molar-refractivity contribution in [1.82, 2.24) is 0 Å². The summed E-state index contributed by atoms with van der Waals surface area (Å²) in [5.41, 5.74) is 7.96. The second kappa shape index (κ2) is 6.51. The Bertz CT molecular complexity index is 326. The number of benzene rings is 1. The monoisotopic (exact) mass is 223 g/mol. The van der Waals surface area contributed by atoms with E-state index in [0.717, 1.165) is 5.75 Å². The van der Waals surface area contributed by atoms with Crippen LogP contribution in [-0.2, 0) is 4.74 Å². The van der Waals surface area contributed by atoms with Crippen LogP contribution in [0.25, 0.3) is 0 Å². The summed E-state index contributed by atoms with van der Waals surface area (Å²) >= 11 is 0. The van der Waals surface area contributed by atoms with Crippen LogP contribution in [0.15, 0.2) is 18.2 Å². The van der Waals surface area contributed by atoms with E-state index in [1.165, 1.54) is 11.1 Å². The topological polar surface area (TPSA) is 44.5 Å². The molecule has 1 rings (SSSR count). The molecule has 90 valence electrons. The SMILES string of the molecule is Cc1ccc(OCCOC(C)CN)cc1C. The largest absolute Gasteiger partial charge is 0.491 e. The molecule has 0 aliphatic rings. The highest BCUT2D eigenvalue weighted by Gasteiger charge is 1.99. The van der Waals surface area contributed by atoms with Crippen LogP contribution in [0.1, 0.15) is 18.1 Å². The van der Waals surface area contributed by atoms with E-state index in [1.807, 2.05) is 19.1 Å². The molecule has 0 aliphatic heterocycles. The first-order valence-corrected chi connectivity index (χ1v) is 5.65. The Morgan fingerprint density at radius 3 is 2.56 bits per heavy atom. The molecular formula is C13H21NO2. The lowest BCUT2D eigenvalue weighted by Crippen LogP contribution is -2.22. The van der Waals surface area contributed by atoms with Crippen LogP contribution in [-0.4, -0.2) is 25.9 Å². The number of nitrogens with two attached hydrogens (primary N) is 1. The molecule has 2 N–H and O–H groups in total. The molecule has 3 heteroatoms. The first-order valence-electron chi connectivity index (χ1n) is 5.65. The minimum Gasteiger partial charge on any atom is -0.491 e. The maximum absolute atomic E-state index is 5.57. The molecule has 1 unspecified atom stereocenters. The van der Waals surface area contributed by atoms with Crippen LogP contribution >= 0.6 is 0 Å². The lowest BCUT2D eigenvalue weighted by Gasteiger charge is -2.12. The summed E-state index contributed by atoms with van der Waals surface area (Å²) in [7, 11) is 0. The van der Waals surface area contributed by atoms with Crippen molar-refractivity contribution in [3.05, 3.63) is 29.3 Å². The summed E-state index contributed by atoms with van der Waals surface area (Å²) in [5.74, 6) is 0.895. The summed E-state index contributed by atoms with van der Waals surface area (Å²) in [6.45, 7) is 7.80. The normalized spacial score (nSPS) is 12.5. The van der Waals surface area contributed by atoms with Crippen molar-refractivity contribution < 1.29 is 9.47 Å². The molecule has 0 bridgehead atoms. The minimum atomic E-state index is 0.100. The van der Waals surface area contributed by atoms with Crippen LogP contribution < -0.4 is 10.5 Å². The molecule has 0 radical (unpaired) electrons. The Labute approximate surface area is 97.6 Å². The van der Waals surface area contributed by atoms with Crippen LogP contribution in [0.4, 0.5) is 0 Å². The number of hydrogen-bond donors (Lipinski definition) is 1.